The Morgan fingerprint density at radius 2 is 2.08 bits per heavy atom. The Kier molecular flexibility index (Phi) is 4.39. The second kappa shape index (κ2) is 6.99. The normalized spacial score (nSPS) is 15.3. The molecule has 0 saturated carbocycles. The fraction of sp³-hybridized carbons (Fsp3) is 0.333. The molecule has 0 bridgehead atoms. The minimum atomic E-state index is -0.263. The van der Waals surface area contributed by atoms with Crippen molar-refractivity contribution in [1.82, 2.24) is 24.5 Å². The van der Waals surface area contributed by atoms with Crippen LogP contribution in [0.4, 0.5) is 0 Å². The number of amides is 1. The molecule has 1 aliphatic heterocycles. The van der Waals surface area contributed by atoms with E-state index in [1.54, 1.807) is 33.9 Å². The monoisotopic (exact) mass is 353 g/mol. The molecule has 0 atom stereocenters. The number of aromatic nitrogens is 4. The van der Waals surface area contributed by atoms with Crippen LogP contribution in [-0.2, 0) is 0 Å². The fourth-order valence-corrected chi connectivity index (χ4v) is 3.12. The topological polar surface area (TPSA) is 92.6 Å². The summed E-state index contributed by atoms with van der Waals surface area (Å²) in [6.07, 6.45) is 5.19. The number of carbonyl (C=O) groups excluding carboxylic acids is 1. The molecule has 1 fully saturated rings. The summed E-state index contributed by atoms with van der Waals surface area (Å²) in [4.78, 5) is 32.3. The number of hydrogen-bond acceptors (Lipinski definition) is 5. The number of fused-ring (bicyclic) bond motifs is 1. The van der Waals surface area contributed by atoms with Crippen molar-refractivity contribution in [3.8, 4) is 5.88 Å². The van der Waals surface area contributed by atoms with Gasteiger partial charge in [-0.25, -0.2) is 9.50 Å². The van der Waals surface area contributed by atoms with E-state index in [0.29, 0.717) is 37.2 Å². The van der Waals surface area contributed by atoms with E-state index in [1.807, 2.05) is 12.1 Å². The van der Waals surface area contributed by atoms with E-state index in [4.69, 9.17) is 4.74 Å². The van der Waals surface area contributed by atoms with Crippen molar-refractivity contribution in [2.24, 2.45) is 5.92 Å². The Hall–Kier alpha value is -3.16. The summed E-state index contributed by atoms with van der Waals surface area (Å²) >= 11 is 0. The standard InChI is InChI=1S/C18H19N5O3/c24-16-3-1-2-14(20-16)18(25)22-9-6-13(7-10-22)12-26-17-5-4-15-19-8-11-23(15)21-17/h1-5,8,11,13H,6-7,9-10,12H2,(H,20,24). The molecule has 3 aromatic rings. The number of likely N-dealkylation sites (tertiary alicyclic amines) is 1. The molecule has 0 unspecified atom stereocenters. The quantitative estimate of drug-likeness (QED) is 0.764. The number of carbonyl (C=O) groups is 1. The highest BCUT2D eigenvalue weighted by Gasteiger charge is 2.24. The highest BCUT2D eigenvalue weighted by Crippen LogP contribution is 2.20. The maximum atomic E-state index is 12.4. The Labute approximate surface area is 149 Å². The molecule has 26 heavy (non-hydrogen) atoms. The fourth-order valence-electron chi connectivity index (χ4n) is 3.12. The van der Waals surface area contributed by atoms with Crippen LogP contribution in [0.2, 0.25) is 0 Å². The molecule has 0 spiro atoms. The van der Waals surface area contributed by atoms with Crippen molar-refractivity contribution in [3.63, 3.8) is 0 Å². The Morgan fingerprint density at radius 3 is 2.88 bits per heavy atom. The van der Waals surface area contributed by atoms with Gasteiger partial charge in [0.2, 0.25) is 11.4 Å². The number of imidazole rings is 1. The number of H-pyrrole nitrogens is 1. The van der Waals surface area contributed by atoms with Crippen molar-refractivity contribution in [3.05, 3.63) is 58.8 Å². The highest BCUT2D eigenvalue weighted by molar-refractivity contribution is 5.92. The third kappa shape index (κ3) is 3.44. The van der Waals surface area contributed by atoms with Gasteiger partial charge in [-0.1, -0.05) is 6.07 Å². The molecule has 1 N–H and O–H groups in total. The first-order valence-electron chi connectivity index (χ1n) is 8.61. The first kappa shape index (κ1) is 16.3. The molecular weight excluding hydrogens is 334 g/mol. The zero-order chi connectivity index (χ0) is 17.9. The zero-order valence-corrected chi connectivity index (χ0v) is 14.2. The lowest BCUT2D eigenvalue weighted by Crippen LogP contribution is -2.40. The van der Waals surface area contributed by atoms with Gasteiger partial charge in [-0.05, 0) is 30.9 Å². The van der Waals surface area contributed by atoms with Crippen LogP contribution < -0.4 is 10.3 Å². The van der Waals surface area contributed by atoms with Gasteiger partial charge < -0.3 is 14.6 Å². The average Bonchev–Trinajstić information content (AvgIpc) is 3.14. The van der Waals surface area contributed by atoms with Gasteiger partial charge in [0.15, 0.2) is 5.65 Å². The number of nitrogens with zero attached hydrogens (tertiary/aromatic N) is 4. The van der Waals surface area contributed by atoms with Crippen LogP contribution in [0.25, 0.3) is 5.65 Å². The summed E-state index contributed by atoms with van der Waals surface area (Å²) in [7, 11) is 0. The van der Waals surface area contributed by atoms with Gasteiger partial charge >= 0.3 is 0 Å². The van der Waals surface area contributed by atoms with Gasteiger partial charge in [0, 0.05) is 37.6 Å². The minimum Gasteiger partial charge on any atom is -0.476 e. The number of hydrogen-bond donors (Lipinski definition) is 1. The second-order valence-electron chi connectivity index (χ2n) is 6.38. The van der Waals surface area contributed by atoms with E-state index in [9.17, 15) is 9.59 Å². The molecule has 1 saturated heterocycles. The second-order valence-corrected chi connectivity index (χ2v) is 6.38. The van der Waals surface area contributed by atoms with Crippen LogP contribution in [0.5, 0.6) is 5.88 Å². The maximum absolute atomic E-state index is 12.4. The van der Waals surface area contributed by atoms with Crippen LogP contribution in [0.15, 0.2) is 47.5 Å². The Balaban J connectivity index is 1.30. The first-order valence-corrected chi connectivity index (χ1v) is 8.61. The molecule has 4 heterocycles. The molecule has 3 aromatic heterocycles. The summed E-state index contributed by atoms with van der Waals surface area (Å²) in [5, 5.41) is 4.34. The first-order chi connectivity index (χ1) is 12.7. The third-order valence-corrected chi connectivity index (χ3v) is 4.60. The maximum Gasteiger partial charge on any atom is 0.270 e. The summed E-state index contributed by atoms with van der Waals surface area (Å²) in [5.74, 6) is 0.805. The van der Waals surface area contributed by atoms with Crippen LogP contribution in [-0.4, -0.2) is 50.1 Å². The predicted molar refractivity (Wildman–Crippen MR) is 94.2 cm³/mol. The lowest BCUT2D eigenvalue weighted by Gasteiger charge is -2.31. The van der Waals surface area contributed by atoms with Crippen LogP contribution in [0.1, 0.15) is 23.3 Å². The number of pyridine rings is 1. The van der Waals surface area contributed by atoms with Crippen LogP contribution >= 0.6 is 0 Å². The number of ether oxygens (including phenoxy) is 1. The third-order valence-electron chi connectivity index (χ3n) is 4.60. The van der Waals surface area contributed by atoms with Crippen molar-refractivity contribution in [1.29, 1.82) is 0 Å². The van der Waals surface area contributed by atoms with E-state index in [-0.39, 0.29) is 11.5 Å². The van der Waals surface area contributed by atoms with Gasteiger partial charge in [-0.3, -0.25) is 9.59 Å². The van der Waals surface area contributed by atoms with Crippen LogP contribution in [0.3, 0.4) is 0 Å². The molecular formula is C18H19N5O3. The average molecular weight is 353 g/mol. The number of rotatable bonds is 4. The molecule has 4 rings (SSSR count). The SMILES string of the molecule is O=C(c1cccc(=O)[nH]1)N1CCC(COc2ccc3nccn3n2)CC1. The summed E-state index contributed by atoms with van der Waals surface area (Å²) in [6, 6.07) is 8.31. The number of aromatic amines is 1. The Bertz CT molecular complexity index is 972. The predicted octanol–water partition coefficient (Wildman–Crippen LogP) is 1.35. The number of piperidine rings is 1. The van der Waals surface area contributed by atoms with Crippen molar-refractivity contribution in [2.45, 2.75) is 12.8 Å². The number of nitrogens with one attached hydrogen (secondary N) is 1. The molecule has 134 valence electrons. The summed E-state index contributed by atoms with van der Waals surface area (Å²) in [6.45, 7) is 1.87. The van der Waals surface area contributed by atoms with Gasteiger partial charge in [-0.2, -0.15) is 0 Å². The van der Waals surface area contributed by atoms with Crippen molar-refractivity contribution in [2.75, 3.05) is 19.7 Å². The zero-order valence-electron chi connectivity index (χ0n) is 14.2. The van der Waals surface area contributed by atoms with E-state index in [0.717, 1.165) is 18.5 Å². The highest BCUT2D eigenvalue weighted by atomic mass is 16.5. The van der Waals surface area contributed by atoms with E-state index in [1.165, 1.54) is 6.07 Å². The van der Waals surface area contributed by atoms with Gasteiger partial charge in [0.25, 0.3) is 5.91 Å². The molecule has 1 amide bonds. The van der Waals surface area contributed by atoms with Gasteiger partial charge in [0.05, 0.1) is 6.61 Å². The minimum absolute atomic E-state index is 0.130. The molecule has 0 aromatic carbocycles. The van der Waals surface area contributed by atoms with E-state index in [2.05, 4.69) is 15.1 Å². The molecule has 8 nitrogen and oxygen atoms in total. The van der Waals surface area contributed by atoms with Gasteiger partial charge in [-0.15, -0.1) is 5.10 Å². The molecule has 0 radical (unpaired) electrons. The van der Waals surface area contributed by atoms with Crippen molar-refractivity contribution >= 4 is 11.6 Å². The molecule has 0 aliphatic carbocycles. The van der Waals surface area contributed by atoms with E-state index < -0.39 is 0 Å². The largest absolute Gasteiger partial charge is 0.476 e. The summed E-state index contributed by atoms with van der Waals surface area (Å²) < 4.78 is 7.49. The lowest BCUT2D eigenvalue weighted by atomic mass is 9.97. The van der Waals surface area contributed by atoms with Crippen molar-refractivity contribution < 1.29 is 9.53 Å². The Morgan fingerprint density at radius 1 is 1.23 bits per heavy atom. The van der Waals surface area contributed by atoms with E-state index >= 15 is 0 Å². The summed E-state index contributed by atoms with van der Waals surface area (Å²) in [5.41, 5.74) is 0.856. The smallest absolute Gasteiger partial charge is 0.270 e. The molecule has 8 heteroatoms. The van der Waals surface area contributed by atoms with Gasteiger partial charge in [0.1, 0.15) is 5.69 Å². The lowest BCUT2D eigenvalue weighted by molar-refractivity contribution is 0.0653. The van der Waals surface area contributed by atoms with Crippen LogP contribution in [0, 0.1) is 5.92 Å². The molecule has 1 aliphatic rings.